The smallest absolute Gasteiger partial charge is 0.256 e. The van der Waals surface area contributed by atoms with Crippen molar-refractivity contribution >= 4 is 11.7 Å². The molecule has 2 heterocycles. The van der Waals surface area contributed by atoms with Crippen LogP contribution in [0.5, 0.6) is 0 Å². The topological polar surface area (TPSA) is 84.2 Å². The molecule has 1 N–H and O–H groups in total. The van der Waals surface area contributed by atoms with Gasteiger partial charge in [0.2, 0.25) is 0 Å². The first-order valence-corrected chi connectivity index (χ1v) is 5.76. The Labute approximate surface area is 110 Å². The van der Waals surface area contributed by atoms with Gasteiger partial charge in [-0.2, -0.15) is 0 Å². The van der Waals surface area contributed by atoms with Crippen molar-refractivity contribution in [3.8, 4) is 0 Å². The van der Waals surface area contributed by atoms with Crippen LogP contribution >= 0.6 is 0 Å². The summed E-state index contributed by atoms with van der Waals surface area (Å²) in [6.45, 7) is 1.94. The fraction of sp³-hybridized carbons (Fsp3) is 0.333. The minimum atomic E-state index is -0.252. The van der Waals surface area contributed by atoms with Gasteiger partial charge in [-0.3, -0.25) is 4.79 Å². The molecular formula is C12H15N5O2. The van der Waals surface area contributed by atoms with E-state index in [1.54, 1.807) is 19.2 Å². The van der Waals surface area contributed by atoms with E-state index < -0.39 is 0 Å². The predicted molar refractivity (Wildman–Crippen MR) is 68.8 cm³/mol. The average molecular weight is 261 g/mol. The zero-order valence-corrected chi connectivity index (χ0v) is 11.0. The lowest BCUT2D eigenvalue weighted by Crippen LogP contribution is -2.24. The maximum Gasteiger partial charge on any atom is 0.256 e. The SMILES string of the molecule is Cc1oncc1C(=O)NCc1nccc(N(C)C)n1. The van der Waals surface area contributed by atoms with Crippen molar-refractivity contribution in [1.29, 1.82) is 0 Å². The van der Waals surface area contributed by atoms with Crippen molar-refractivity contribution in [1.82, 2.24) is 20.4 Å². The summed E-state index contributed by atoms with van der Waals surface area (Å²) in [5, 5.41) is 6.29. The molecule has 7 heteroatoms. The Morgan fingerprint density at radius 2 is 2.26 bits per heavy atom. The number of carbonyl (C=O) groups excluding carboxylic acids is 1. The van der Waals surface area contributed by atoms with Gasteiger partial charge in [-0.25, -0.2) is 9.97 Å². The van der Waals surface area contributed by atoms with Gasteiger partial charge in [0.15, 0.2) is 0 Å². The van der Waals surface area contributed by atoms with Crippen molar-refractivity contribution in [2.75, 3.05) is 19.0 Å². The van der Waals surface area contributed by atoms with Crippen LogP contribution in [0.25, 0.3) is 0 Å². The van der Waals surface area contributed by atoms with E-state index in [2.05, 4.69) is 20.4 Å². The lowest BCUT2D eigenvalue weighted by molar-refractivity contribution is 0.0948. The second-order valence-electron chi connectivity index (χ2n) is 4.20. The third-order valence-electron chi connectivity index (χ3n) is 2.55. The van der Waals surface area contributed by atoms with Gasteiger partial charge >= 0.3 is 0 Å². The molecule has 2 rings (SSSR count). The highest BCUT2D eigenvalue weighted by molar-refractivity contribution is 5.94. The van der Waals surface area contributed by atoms with E-state index in [0.29, 0.717) is 17.1 Å². The summed E-state index contributed by atoms with van der Waals surface area (Å²) in [5.41, 5.74) is 0.420. The van der Waals surface area contributed by atoms with Crippen molar-refractivity contribution in [2.24, 2.45) is 0 Å². The van der Waals surface area contributed by atoms with Crippen molar-refractivity contribution in [2.45, 2.75) is 13.5 Å². The molecule has 1 amide bonds. The Kier molecular flexibility index (Phi) is 3.74. The van der Waals surface area contributed by atoms with Gasteiger partial charge < -0.3 is 14.7 Å². The summed E-state index contributed by atoms with van der Waals surface area (Å²) in [6, 6.07) is 1.80. The van der Waals surface area contributed by atoms with Gasteiger partial charge in [0.05, 0.1) is 12.7 Å². The summed E-state index contributed by atoms with van der Waals surface area (Å²) in [7, 11) is 3.79. The maximum absolute atomic E-state index is 11.8. The van der Waals surface area contributed by atoms with Crippen LogP contribution < -0.4 is 10.2 Å². The molecule has 2 aromatic heterocycles. The minimum Gasteiger partial charge on any atom is -0.363 e. The molecule has 100 valence electrons. The van der Waals surface area contributed by atoms with Crippen LogP contribution in [0.2, 0.25) is 0 Å². The molecule has 0 bridgehead atoms. The summed E-state index contributed by atoms with van der Waals surface area (Å²) < 4.78 is 4.84. The molecule has 0 unspecified atom stereocenters. The molecule has 0 atom stereocenters. The van der Waals surface area contributed by atoms with Crippen LogP contribution in [0.4, 0.5) is 5.82 Å². The molecule has 7 nitrogen and oxygen atoms in total. The second-order valence-corrected chi connectivity index (χ2v) is 4.20. The highest BCUT2D eigenvalue weighted by atomic mass is 16.5. The van der Waals surface area contributed by atoms with E-state index in [4.69, 9.17) is 4.52 Å². The second kappa shape index (κ2) is 5.47. The number of aryl methyl sites for hydroxylation is 1. The Morgan fingerprint density at radius 1 is 1.47 bits per heavy atom. The molecule has 0 aromatic carbocycles. The predicted octanol–water partition coefficient (Wildman–Crippen LogP) is 0.769. The number of hydrogen-bond acceptors (Lipinski definition) is 6. The molecule has 0 saturated carbocycles. The van der Waals surface area contributed by atoms with Crippen LogP contribution in [-0.4, -0.2) is 35.1 Å². The van der Waals surface area contributed by atoms with Crippen molar-refractivity contribution < 1.29 is 9.32 Å². The number of hydrogen-bond donors (Lipinski definition) is 1. The highest BCUT2D eigenvalue weighted by Gasteiger charge is 2.12. The molecule has 0 spiro atoms. The molecule has 0 radical (unpaired) electrons. The van der Waals surface area contributed by atoms with E-state index >= 15 is 0 Å². The first-order valence-electron chi connectivity index (χ1n) is 5.76. The van der Waals surface area contributed by atoms with Crippen LogP contribution in [0.15, 0.2) is 23.0 Å². The number of aromatic nitrogens is 3. The quantitative estimate of drug-likeness (QED) is 0.875. The van der Waals surface area contributed by atoms with E-state index in [-0.39, 0.29) is 12.5 Å². The third-order valence-corrected chi connectivity index (χ3v) is 2.55. The highest BCUT2D eigenvalue weighted by Crippen LogP contribution is 2.07. The molecule has 0 saturated heterocycles. The third kappa shape index (κ3) is 3.06. The van der Waals surface area contributed by atoms with E-state index in [1.807, 2.05) is 19.0 Å². The number of nitrogens with zero attached hydrogens (tertiary/aromatic N) is 4. The first kappa shape index (κ1) is 13.0. The van der Waals surface area contributed by atoms with Gasteiger partial charge in [0.25, 0.3) is 5.91 Å². The molecular weight excluding hydrogens is 246 g/mol. The average Bonchev–Trinajstić information content (AvgIpc) is 2.82. The zero-order chi connectivity index (χ0) is 13.8. The summed E-state index contributed by atoms with van der Waals surface area (Å²) in [4.78, 5) is 22.1. The van der Waals surface area contributed by atoms with E-state index in [9.17, 15) is 4.79 Å². The zero-order valence-electron chi connectivity index (χ0n) is 11.0. The summed E-state index contributed by atoms with van der Waals surface area (Å²) >= 11 is 0. The number of nitrogens with one attached hydrogen (secondary N) is 1. The Balaban J connectivity index is 2.01. The first-order chi connectivity index (χ1) is 9.08. The Bertz CT molecular complexity index is 579. The lowest BCUT2D eigenvalue weighted by Gasteiger charge is -2.11. The molecule has 0 fully saturated rings. The normalized spacial score (nSPS) is 10.3. The number of amides is 1. The van der Waals surface area contributed by atoms with Gasteiger partial charge in [0, 0.05) is 20.3 Å². The van der Waals surface area contributed by atoms with E-state index in [1.165, 1.54) is 6.20 Å². The van der Waals surface area contributed by atoms with Crippen LogP contribution in [0.1, 0.15) is 21.9 Å². The van der Waals surface area contributed by atoms with Crippen molar-refractivity contribution in [3.05, 3.63) is 35.6 Å². The largest absolute Gasteiger partial charge is 0.363 e. The maximum atomic E-state index is 11.8. The van der Waals surface area contributed by atoms with Gasteiger partial charge in [-0.1, -0.05) is 5.16 Å². The molecule has 0 aliphatic carbocycles. The van der Waals surface area contributed by atoms with E-state index in [0.717, 1.165) is 5.82 Å². The number of anilines is 1. The molecule has 2 aromatic rings. The van der Waals surface area contributed by atoms with Crippen LogP contribution in [0.3, 0.4) is 0 Å². The van der Waals surface area contributed by atoms with Crippen LogP contribution in [0, 0.1) is 6.92 Å². The fourth-order valence-corrected chi connectivity index (χ4v) is 1.49. The Hall–Kier alpha value is -2.44. The van der Waals surface area contributed by atoms with Crippen molar-refractivity contribution in [3.63, 3.8) is 0 Å². The van der Waals surface area contributed by atoms with Gasteiger partial charge in [-0.05, 0) is 13.0 Å². The number of rotatable bonds is 4. The Morgan fingerprint density at radius 3 is 2.89 bits per heavy atom. The van der Waals surface area contributed by atoms with Gasteiger partial charge in [0.1, 0.15) is 23.0 Å². The van der Waals surface area contributed by atoms with Gasteiger partial charge in [-0.15, -0.1) is 0 Å². The number of carbonyl (C=O) groups is 1. The van der Waals surface area contributed by atoms with Crippen LogP contribution in [-0.2, 0) is 6.54 Å². The molecule has 0 aliphatic rings. The molecule has 0 aliphatic heterocycles. The summed E-state index contributed by atoms with van der Waals surface area (Å²) in [6.07, 6.45) is 3.05. The fourth-order valence-electron chi connectivity index (χ4n) is 1.49. The molecule has 19 heavy (non-hydrogen) atoms. The monoisotopic (exact) mass is 261 g/mol. The summed E-state index contributed by atoms with van der Waals surface area (Å²) in [5.74, 6) is 1.58. The standard InChI is InChI=1S/C12H15N5O2/c1-8-9(6-15-19-8)12(18)14-7-10-13-5-4-11(16-10)17(2)3/h4-6H,7H2,1-3H3,(H,14,18). The minimum absolute atomic E-state index is 0.252. The lowest BCUT2D eigenvalue weighted by atomic mass is 10.2.